The Morgan fingerprint density at radius 2 is 1.79 bits per heavy atom. The topological polar surface area (TPSA) is 70.0 Å². The van der Waals surface area contributed by atoms with Crippen LogP contribution in [-0.4, -0.2) is 57.6 Å². The molecule has 1 saturated heterocycles. The monoisotopic (exact) mass is 476 g/mol. The third-order valence-corrected chi connectivity index (χ3v) is 7.51. The molecule has 0 bridgehead atoms. The number of halogens is 1. The highest BCUT2D eigenvalue weighted by Crippen LogP contribution is 2.31. The summed E-state index contributed by atoms with van der Waals surface area (Å²) in [5.41, 5.74) is 4.19. The van der Waals surface area contributed by atoms with Crippen molar-refractivity contribution in [1.29, 1.82) is 0 Å². The van der Waals surface area contributed by atoms with E-state index in [1.165, 1.54) is 11.3 Å². The molecule has 0 atom stereocenters. The number of fused-ring (bicyclic) bond motifs is 2. The van der Waals surface area contributed by atoms with Crippen LogP contribution >= 0.6 is 22.9 Å². The summed E-state index contributed by atoms with van der Waals surface area (Å²) in [6.45, 7) is 3.92. The van der Waals surface area contributed by atoms with Gasteiger partial charge < -0.3 is 14.8 Å². The van der Waals surface area contributed by atoms with Crippen LogP contribution in [0.15, 0.2) is 59.7 Å². The van der Waals surface area contributed by atoms with Crippen molar-refractivity contribution >= 4 is 50.1 Å². The second-order valence-corrected chi connectivity index (χ2v) is 9.79. The van der Waals surface area contributed by atoms with Gasteiger partial charge in [0.15, 0.2) is 0 Å². The Morgan fingerprint density at radius 3 is 2.58 bits per heavy atom. The zero-order chi connectivity index (χ0) is 22.5. The number of imidazole rings is 1. The highest BCUT2D eigenvalue weighted by atomic mass is 35.5. The van der Waals surface area contributed by atoms with E-state index in [1.807, 2.05) is 48.5 Å². The molecule has 6 rings (SSSR count). The van der Waals surface area contributed by atoms with Crippen LogP contribution in [0.5, 0.6) is 0 Å². The Morgan fingerprint density at radius 1 is 1.00 bits per heavy atom. The molecular formula is C24H21ClN6OS. The van der Waals surface area contributed by atoms with Crippen molar-refractivity contribution in [3.05, 3.63) is 70.2 Å². The lowest BCUT2D eigenvalue weighted by molar-refractivity contribution is 0.311. The van der Waals surface area contributed by atoms with Crippen LogP contribution in [0.2, 0.25) is 5.02 Å². The fraction of sp³-hybridized carbons (Fsp3) is 0.208. The van der Waals surface area contributed by atoms with E-state index in [4.69, 9.17) is 16.6 Å². The molecule has 0 unspecified atom stereocenters. The van der Waals surface area contributed by atoms with Crippen LogP contribution in [0, 0.1) is 0 Å². The van der Waals surface area contributed by atoms with E-state index in [1.54, 1.807) is 10.9 Å². The van der Waals surface area contributed by atoms with E-state index in [0.717, 1.165) is 59.3 Å². The molecule has 3 aromatic heterocycles. The third kappa shape index (κ3) is 3.70. The normalized spacial score (nSPS) is 15.0. The molecule has 0 aliphatic carbocycles. The van der Waals surface area contributed by atoms with E-state index < -0.39 is 0 Å². The number of benzene rings is 2. The molecule has 0 spiro atoms. The number of thiophene rings is 1. The number of likely N-dealkylation sites (N-methyl/N-ethyl adjacent to an activating group) is 1. The molecule has 7 nitrogen and oxygen atoms in total. The summed E-state index contributed by atoms with van der Waals surface area (Å²) in [6, 6.07) is 15.4. The van der Waals surface area contributed by atoms with Gasteiger partial charge in [0.2, 0.25) is 5.95 Å². The highest BCUT2D eigenvalue weighted by Gasteiger charge is 2.18. The Labute approximate surface area is 198 Å². The number of piperazine rings is 1. The minimum atomic E-state index is -0.0802. The number of nitrogens with zero attached hydrogens (tertiary/aromatic N) is 5. The lowest BCUT2D eigenvalue weighted by Gasteiger charge is -2.32. The Kier molecular flexibility index (Phi) is 4.94. The smallest absolute Gasteiger partial charge is 0.275 e. The third-order valence-electron chi connectivity index (χ3n) is 6.10. The number of H-pyrrole nitrogens is 1. The molecule has 4 heterocycles. The Bertz CT molecular complexity index is 1530. The van der Waals surface area contributed by atoms with E-state index in [-0.39, 0.29) is 5.56 Å². The Balaban J connectivity index is 1.37. The van der Waals surface area contributed by atoms with Crippen LogP contribution < -0.4 is 10.5 Å². The lowest BCUT2D eigenvalue weighted by atomic mass is 10.2. The van der Waals surface area contributed by atoms with Gasteiger partial charge in [-0.3, -0.25) is 9.36 Å². The predicted molar refractivity (Wildman–Crippen MR) is 135 cm³/mol. The summed E-state index contributed by atoms with van der Waals surface area (Å²) in [4.78, 5) is 31.6. The molecule has 1 fully saturated rings. The van der Waals surface area contributed by atoms with E-state index in [0.29, 0.717) is 15.2 Å². The molecule has 166 valence electrons. The van der Waals surface area contributed by atoms with Crippen molar-refractivity contribution in [3.8, 4) is 16.1 Å². The molecule has 0 amide bonds. The molecule has 33 heavy (non-hydrogen) atoms. The zero-order valence-corrected chi connectivity index (χ0v) is 19.5. The van der Waals surface area contributed by atoms with Gasteiger partial charge in [0.25, 0.3) is 5.56 Å². The number of aromatic nitrogens is 4. The second kappa shape index (κ2) is 7.98. The summed E-state index contributed by atoms with van der Waals surface area (Å²) in [5, 5.41) is 0.685. The largest absolute Gasteiger partial charge is 0.340 e. The second-order valence-electron chi connectivity index (χ2n) is 8.30. The van der Waals surface area contributed by atoms with Crippen molar-refractivity contribution < 1.29 is 0 Å². The van der Waals surface area contributed by atoms with Crippen LogP contribution in [0.25, 0.3) is 37.4 Å². The van der Waals surface area contributed by atoms with Crippen LogP contribution in [-0.2, 0) is 0 Å². The summed E-state index contributed by atoms with van der Waals surface area (Å²) >= 11 is 7.46. The standard InChI is InChI=1S/C24H21ClN6OS/c1-29-8-10-30(11-9-29)24-27-18-7-6-17(12-19(18)28-24)31-14-26-20-13-21(33-22(20)23(31)32)15-2-4-16(25)5-3-15/h2-7,12-14H,8-11H2,1H3,(H,27,28). The van der Waals surface area contributed by atoms with Crippen molar-refractivity contribution in [3.63, 3.8) is 0 Å². The molecule has 2 aromatic carbocycles. The number of rotatable bonds is 3. The first kappa shape index (κ1) is 20.4. The fourth-order valence-corrected chi connectivity index (χ4v) is 5.33. The van der Waals surface area contributed by atoms with Gasteiger partial charge >= 0.3 is 0 Å². The number of aromatic amines is 1. The first-order chi connectivity index (χ1) is 16.0. The number of nitrogens with one attached hydrogen (secondary N) is 1. The van der Waals surface area contributed by atoms with Gasteiger partial charge in [0.1, 0.15) is 11.0 Å². The van der Waals surface area contributed by atoms with Crippen LogP contribution in [0.3, 0.4) is 0 Å². The highest BCUT2D eigenvalue weighted by molar-refractivity contribution is 7.22. The molecule has 1 N–H and O–H groups in total. The summed E-state index contributed by atoms with van der Waals surface area (Å²) in [6.07, 6.45) is 1.60. The predicted octanol–water partition coefficient (Wildman–Crippen LogP) is 4.40. The zero-order valence-electron chi connectivity index (χ0n) is 18.0. The molecule has 9 heteroatoms. The van der Waals surface area contributed by atoms with Crippen molar-refractivity contribution in [2.75, 3.05) is 38.1 Å². The minimum absolute atomic E-state index is 0.0802. The van der Waals surface area contributed by atoms with E-state index >= 15 is 0 Å². The Hall–Kier alpha value is -3.20. The maximum Gasteiger partial charge on any atom is 0.275 e. The van der Waals surface area contributed by atoms with Crippen LogP contribution in [0.4, 0.5) is 5.95 Å². The minimum Gasteiger partial charge on any atom is -0.340 e. The summed E-state index contributed by atoms with van der Waals surface area (Å²) < 4.78 is 2.23. The maximum atomic E-state index is 13.3. The molecular weight excluding hydrogens is 456 g/mol. The molecule has 5 aromatic rings. The van der Waals surface area contributed by atoms with Gasteiger partial charge in [0.05, 0.1) is 22.2 Å². The molecule has 0 radical (unpaired) electrons. The first-order valence-electron chi connectivity index (χ1n) is 10.8. The number of hydrogen-bond donors (Lipinski definition) is 1. The van der Waals surface area contributed by atoms with Crippen molar-refractivity contribution in [2.24, 2.45) is 0 Å². The molecule has 1 aliphatic heterocycles. The van der Waals surface area contributed by atoms with Gasteiger partial charge in [-0.05, 0) is 49.0 Å². The summed E-state index contributed by atoms with van der Waals surface area (Å²) in [7, 11) is 2.14. The SMILES string of the molecule is CN1CCN(c2nc3ccc(-n4cnc5cc(-c6ccc(Cl)cc6)sc5c4=O)cc3[nH]2)CC1. The van der Waals surface area contributed by atoms with E-state index in [9.17, 15) is 4.79 Å². The first-order valence-corrected chi connectivity index (χ1v) is 12.0. The van der Waals surface area contributed by atoms with E-state index in [2.05, 4.69) is 26.8 Å². The summed E-state index contributed by atoms with van der Waals surface area (Å²) in [5.74, 6) is 0.877. The average molecular weight is 477 g/mol. The molecule has 0 saturated carbocycles. The van der Waals surface area contributed by atoms with Crippen molar-refractivity contribution in [2.45, 2.75) is 0 Å². The number of hydrogen-bond acceptors (Lipinski definition) is 6. The van der Waals surface area contributed by atoms with Crippen molar-refractivity contribution in [1.82, 2.24) is 24.4 Å². The van der Waals surface area contributed by atoms with Gasteiger partial charge in [-0.25, -0.2) is 9.97 Å². The fourth-order valence-electron chi connectivity index (χ4n) is 4.15. The quantitative estimate of drug-likeness (QED) is 0.418. The van der Waals surface area contributed by atoms with Gasteiger partial charge in [-0.2, -0.15) is 0 Å². The van der Waals surface area contributed by atoms with Gasteiger partial charge in [-0.15, -0.1) is 11.3 Å². The van der Waals surface area contributed by atoms with Gasteiger partial charge in [-0.1, -0.05) is 23.7 Å². The number of anilines is 1. The van der Waals surface area contributed by atoms with Crippen LogP contribution in [0.1, 0.15) is 0 Å². The average Bonchev–Trinajstić information content (AvgIpc) is 3.45. The maximum absolute atomic E-state index is 13.3. The molecule has 1 aliphatic rings. The lowest BCUT2D eigenvalue weighted by Crippen LogP contribution is -2.44. The van der Waals surface area contributed by atoms with Gasteiger partial charge in [0, 0.05) is 36.1 Å².